The van der Waals surface area contributed by atoms with Crippen molar-refractivity contribution in [1.82, 2.24) is 4.57 Å². The highest BCUT2D eigenvalue weighted by atomic mass is 35.5. The topological polar surface area (TPSA) is 60.3 Å². The van der Waals surface area contributed by atoms with Crippen molar-refractivity contribution in [2.75, 3.05) is 12.4 Å². The van der Waals surface area contributed by atoms with Gasteiger partial charge in [-0.3, -0.25) is 9.59 Å². The smallest absolute Gasteiger partial charge is 0.261 e. The van der Waals surface area contributed by atoms with E-state index < -0.39 is 0 Å². The predicted octanol–water partition coefficient (Wildman–Crippen LogP) is 3.49. The summed E-state index contributed by atoms with van der Waals surface area (Å²) in [5, 5.41) is 3.39. The molecule has 24 heavy (non-hydrogen) atoms. The Morgan fingerprint density at radius 3 is 2.83 bits per heavy atom. The van der Waals surface area contributed by atoms with Crippen LogP contribution in [0.2, 0.25) is 5.02 Å². The fraction of sp³-hybridized carbons (Fsp3) is 0.333. The molecule has 1 amide bonds. The summed E-state index contributed by atoms with van der Waals surface area (Å²) >= 11 is 5.97. The van der Waals surface area contributed by atoms with Gasteiger partial charge in [0.15, 0.2) is 0 Å². The lowest BCUT2D eigenvalue weighted by molar-refractivity contribution is 0.102. The standard InChI is InChI=1S/C18H19ClN2O3/c1-24-15-11-16(22)21-9-4-2-3-8-14(21)17(15)18(23)20-13-7-5-6-12(19)10-13/h5-7,10-11H,2-4,8-9H2,1H3,(H,20,23). The Kier molecular flexibility index (Phi) is 4.90. The molecule has 0 saturated heterocycles. The number of ether oxygens (including phenoxy) is 1. The number of amides is 1. The molecule has 1 aliphatic heterocycles. The third-order valence-electron chi connectivity index (χ3n) is 4.21. The van der Waals surface area contributed by atoms with Gasteiger partial charge < -0.3 is 14.6 Å². The summed E-state index contributed by atoms with van der Waals surface area (Å²) in [6, 6.07) is 8.35. The number of hydrogen-bond donors (Lipinski definition) is 1. The van der Waals surface area contributed by atoms with E-state index in [9.17, 15) is 9.59 Å². The summed E-state index contributed by atoms with van der Waals surface area (Å²) in [4.78, 5) is 25.2. The van der Waals surface area contributed by atoms with Crippen molar-refractivity contribution in [3.05, 3.63) is 57.0 Å². The highest BCUT2D eigenvalue weighted by molar-refractivity contribution is 6.31. The van der Waals surface area contributed by atoms with E-state index in [1.54, 1.807) is 28.8 Å². The van der Waals surface area contributed by atoms with Gasteiger partial charge in [0.05, 0.1) is 7.11 Å². The summed E-state index contributed by atoms with van der Waals surface area (Å²) in [6.07, 6.45) is 3.61. The van der Waals surface area contributed by atoms with Crippen molar-refractivity contribution in [1.29, 1.82) is 0 Å². The second-order valence-electron chi connectivity index (χ2n) is 5.80. The van der Waals surface area contributed by atoms with Crippen LogP contribution in [0.25, 0.3) is 0 Å². The molecule has 2 aromatic rings. The molecule has 0 spiro atoms. The number of carbonyl (C=O) groups is 1. The number of benzene rings is 1. The van der Waals surface area contributed by atoms with E-state index >= 15 is 0 Å². The Hall–Kier alpha value is -2.27. The Balaban J connectivity index is 2.05. The zero-order chi connectivity index (χ0) is 17.1. The molecule has 0 aliphatic carbocycles. The molecular weight excluding hydrogens is 328 g/mol. The number of aromatic nitrogens is 1. The molecule has 0 saturated carbocycles. The molecule has 1 aromatic heterocycles. The predicted molar refractivity (Wildman–Crippen MR) is 94.2 cm³/mol. The quantitative estimate of drug-likeness (QED) is 0.925. The van der Waals surface area contributed by atoms with E-state index in [2.05, 4.69) is 5.32 Å². The Bertz CT molecular complexity index is 829. The average Bonchev–Trinajstić information content (AvgIpc) is 2.80. The second kappa shape index (κ2) is 7.09. The lowest BCUT2D eigenvalue weighted by atomic mass is 10.1. The number of rotatable bonds is 3. The first-order valence-electron chi connectivity index (χ1n) is 7.98. The van der Waals surface area contributed by atoms with E-state index in [0.717, 1.165) is 25.0 Å². The van der Waals surface area contributed by atoms with Crippen LogP contribution in [0.3, 0.4) is 0 Å². The average molecular weight is 347 g/mol. The Labute approximate surface area is 145 Å². The van der Waals surface area contributed by atoms with Crippen molar-refractivity contribution >= 4 is 23.2 Å². The van der Waals surface area contributed by atoms with E-state index in [4.69, 9.17) is 16.3 Å². The van der Waals surface area contributed by atoms with E-state index in [1.807, 2.05) is 0 Å². The highest BCUT2D eigenvalue weighted by Crippen LogP contribution is 2.26. The summed E-state index contributed by atoms with van der Waals surface area (Å²) in [6.45, 7) is 0.635. The SMILES string of the molecule is COc1cc(=O)n2c(c1C(=O)Nc1cccc(Cl)c1)CCCCC2. The lowest BCUT2D eigenvalue weighted by Gasteiger charge is -2.17. The van der Waals surface area contributed by atoms with Gasteiger partial charge in [-0.15, -0.1) is 0 Å². The molecule has 1 N–H and O–H groups in total. The summed E-state index contributed by atoms with van der Waals surface area (Å²) in [5.74, 6) is 0.0208. The molecule has 0 unspecified atom stereocenters. The van der Waals surface area contributed by atoms with Crippen LogP contribution in [-0.2, 0) is 13.0 Å². The van der Waals surface area contributed by atoms with Gasteiger partial charge in [0.2, 0.25) is 0 Å². The number of anilines is 1. The number of methoxy groups -OCH3 is 1. The minimum atomic E-state index is -0.292. The molecule has 0 bridgehead atoms. The van der Waals surface area contributed by atoms with Crippen molar-refractivity contribution < 1.29 is 9.53 Å². The molecule has 0 atom stereocenters. The Morgan fingerprint density at radius 2 is 2.08 bits per heavy atom. The normalized spacial score (nSPS) is 13.8. The molecule has 5 nitrogen and oxygen atoms in total. The Morgan fingerprint density at radius 1 is 1.25 bits per heavy atom. The van der Waals surface area contributed by atoms with Crippen LogP contribution >= 0.6 is 11.6 Å². The fourth-order valence-electron chi connectivity index (χ4n) is 3.08. The first-order valence-corrected chi connectivity index (χ1v) is 8.35. The van der Waals surface area contributed by atoms with Gasteiger partial charge >= 0.3 is 0 Å². The van der Waals surface area contributed by atoms with E-state index in [-0.39, 0.29) is 11.5 Å². The number of pyridine rings is 1. The third-order valence-corrected chi connectivity index (χ3v) is 4.44. The van der Waals surface area contributed by atoms with Gasteiger partial charge in [0, 0.05) is 29.0 Å². The van der Waals surface area contributed by atoms with Crippen LogP contribution in [0.5, 0.6) is 5.75 Å². The van der Waals surface area contributed by atoms with Gasteiger partial charge in [0.25, 0.3) is 11.5 Å². The molecule has 0 radical (unpaired) electrons. The first-order chi connectivity index (χ1) is 11.6. The van der Waals surface area contributed by atoms with E-state index in [1.165, 1.54) is 13.2 Å². The molecule has 126 valence electrons. The van der Waals surface area contributed by atoms with Crippen LogP contribution in [-0.4, -0.2) is 17.6 Å². The molecule has 6 heteroatoms. The highest BCUT2D eigenvalue weighted by Gasteiger charge is 2.23. The van der Waals surface area contributed by atoms with Gasteiger partial charge in [-0.05, 0) is 37.5 Å². The van der Waals surface area contributed by atoms with Gasteiger partial charge in [-0.1, -0.05) is 24.1 Å². The minimum absolute atomic E-state index is 0.122. The number of hydrogen-bond acceptors (Lipinski definition) is 3. The minimum Gasteiger partial charge on any atom is -0.496 e. The number of nitrogens with one attached hydrogen (secondary N) is 1. The third kappa shape index (κ3) is 3.31. The second-order valence-corrected chi connectivity index (χ2v) is 6.24. The number of nitrogens with zero attached hydrogens (tertiary/aromatic N) is 1. The zero-order valence-corrected chi connectivity index (χ0v) is 14.2. The summed E-state index contributed by atoms with van der Waals surface area (Å²) < 4.78 is 7.01. The molecule has 1 aromatic carbocycles. The van der Waals surface area contributed by atoms with Crippen LogP contribution in [0.15, 0.2) is 35.1 Å². The summed E-state index contributed by atoms with van der Waals surface area (Å²) in [7, 11) is 1.47. The van der Waals surface area contributed by atoms with Crippen LogP contribution in [0.1, 0.15) is 35.3 Å². The largest absolute Gasteiger partial charge is 0.496 e. The van der Waals surface area contributed by atoms with E-state index in [0.29, 0.717) is 35.0 Å². The van der Waals surface area contributed by atoms with Crippen molar-refractivity contribution in [3.8, 4) is 5.75 Å². The van der Waals surface area contributed by atoms with Crippen molar-refractivity contribution in [3.63, 3.8) is 0 Å². The van der Waals surface area contributed by atoms with Gasteiger partial charge in [0.1, 0.15) is 11.3 Å². The molecule has 0 fully saturated rings. The fourth-order valence-corrected chi connectivity index (χ4v) is 3.27. The van der Waals surface area contributed by atoms with Crippen molar-refractivity contribution in [2.45, 2.75) is 32.2 Å². The number of carbonyl (C=O) groups excluding carboxylic acids is 1. The number of fused-ring (bicyclic) bond motifs is 1. The molecule has 3 rings (SSSR count). The van der Waals surface area contributed by atoms with Crippen molar-refractivity contribution in [2.24, 2.45) is 0 Å². The van der Waals surface area contributed by atoms with Gasteiger partial charge in [-0.2, -0.15) is 0 Å². The first kappa shape index (κ1) is 16.6. The summed E-state index contributed by atoms with van der Waals surface area (Å²) in [5.41, 5.74) is 1.66. The number of halogens is 1. The maximum absolute atomic E-state index is 12.9. The molecule has 2 heterocycles. The van der Waals surface area contributed by atoms with Crippen LogP contribution < -0.4 is 15.6 Å². The maximum atomic E-state index is 12.9. The zero-order valence-electron chi connectivity index (χ0n) is 13.5. The molecular formula is C18H19ClN2O3. The van der Waals surface area contributed by atoms with Gasteiger partial charge in [-0.25, -0.2) is 0 Å². The van der Waals surface area contributed by atoms with Crippen LogP contribution in [0.4, 0.5) is 5.69 Å². The molecule has 1 aliphatic rings. The maximum Gasteiger partial charge on any atom is 0.261 e. The van der Waals surface area contributed by atoms with Crippen LogP contribution in [0, 0.1) is 0 Å². The lowest BCUT2D eigenvalue weighted by Crippen LogP contribution is -2.27. The monoisotopic (exact) mass is 346 g/mol.